The molecular weight excluding hydrogens is 270 g/mol. The predicted octanol–water partition coefficient (Wildman–Crippen LogP) is 4.08. The van der Waals surface area contributed by atoms with Crippen LogP contribution in [0, 0.1) is 5.92 Å². The molecule has 0 saturated heterocycles. The first-order valence-electron chi connectivity index (χ1n) is 8.37. The molecule has 1 atom stereocenters. The normalized spacial score (nSPS) is 25.1. The summed E-state index contributed by atoms with van der Waals surface area (Å²) in [6.45, 7) is 0. The van der Waals surface area contributed by atoms with Crippen molar-refractivity contribution in [2.75, 3.05) is 5.73 Å². The summed E-state index contributed by atoms with van der Waals surface area (Å²) in [7, 11) is 0. The molecule has 3 N–H and O–H groups in total. The van der Waals surface area contributed by atoms with E-state index in [9.17, 15) is 0 Å². The molecule has 0 aliphatic heterocycles. The number of nitrogens with zero attached hydrogens (tertiary/aromatic N) is 1. The molecule has 3 nitrogen and oxygen atoms in total. The van der Waals surface area contributed by atoms with Crippen LogP contribution in [-0.2, 0) is 11.8 Å². The van der Waals surface area contributed by atoms with Crippen molar-refractivity contribution in [3.8, 4) is 0 Å². The summed E-state index contributed by atoms with van der Waals surface area (Å²) in [5.41, 5.74) is 9.77. The molecule has 0 spiro atoms. The molecule has 114 valence electrons. The smallest absolute Gasteiger partial charge is 0.152 e. The van der Waals surface area contributed by atoms with E-state index in [0.717, 1.165) is 12.0 Å². The van der Waals surface area contributed by atoms with Crippen LogP contribution in [0.3, 0.4) is 0 Å². The lowest BCUT2D eigenvalue weighted by atomic mass is 9.61. The van der Waals surface area contributed by atoms with E-state index in [-0.39, 0.29) is 5.41 Å². The second-order valence-electron chi connectivity index (χ2n) is 6.75. The van der Waals surface area contributed by atoms with E-state index in [2.05, 4.69) is 52.7 Å². The molecular formula is C19H23N3. The largest absolute Gasteiger partial charge is 0.382 e. The fraction of sp³-hybridized carbons (Fsp3) is 0.421. The Hall–Kier alpha value is -2.03. The van der Waals surface area contributed by atoms with Crippen LogP contribution in [0.25, 0.3) is 6.08 Å². The number of anilines is 1. The molecule has 4 rings (SSSR count). The van der Waals surface area contributed by atoms with Crippen LogP contribution in [0.1, 0.15) is 48.9 Å². The third-order valence-corrected chi connectivity index (χ3v) is 5.57. The highest BCUT2D eigenvalue weighted by Gasteiger charge is 2.41. The third kappa shape index (κ3) is 2.07. The van der Waals surface area contributed by atoms with E-state index in [1.54, 1.807) is 0 Å². The zero-order chi connectivity index (χ0) is 15.0. The van der Waals surface area contributed by atoms with Crippen molar-refractivity contribution < 1.29 is 0 Å². The van der Waals surface area contributed by atoms with E-state index in [1.165, 1.54) is 43.4 Å². The number of hydrogen-bond donors (Lipinski definition) is 2. The monoisotopic (exact) mass is 293 g/mol. The zero-order valence-electron chi connectivity index (χ0n) is 12.9. The van der Waals surface area contributed by atoms with Crippen LogP contribution >= 0.6 is 0 Å². The highest BCUT2D eigenvalue weighted by Crippen LogP contribution is 2.47. The molecule has 0 amide bonds. The molecule has 1 fully saturated rings. The minimum atomic E-state index is 0.0909. The van der Waals surface area contributed by atoms with Crippen molar-refractivity contribution in [3.05, 3.63) is 53.2 Å². The second-order valence-corrected chi connectivity index (χ2v) is 6.75. The van der Waals surface area contributed by atoms with Gasteiger partial charge in [0, 0.05) is 23.1 Å². The number of rotatable bonds is 2. The number of nitrogens with one attached hydrogen (secondary N) is 1. The van der Waals surface area contributed by atoms with Crippen LogP contribution in [-0.4, -0.2) is 10.2 Å². The Balaban J connectivity index is 1.80. The van der Waals surface area contributed by atoms with Crippen LogP contribution in [0.4, 0.5) is 5.82 Å². The Kier molecular flexibility index (Phi) is 3.29. The molecule has 0 radical (unpaired) electrons. The topological polar surface area (TPSA) is 54.7 Å². The molecule has 2 aliphatic rings. The maximum Gasteiger partial charge on any atom is 0.152 e. The van der Waals surface area contributed by atoms with E-state index >= 15 is 0 Å². The average Bonchev–Trinajstić information content (AvgIpc) is 2.96. The Morgan fingerprint density at radius 1 is 1.09 bits per heavy atom. The number of fused-ring (bicyclic) bond motifs is 1. The van der Waals surface area contributed by atoms with Crippen LogP contribution in [0.5, 0.6) is 0 Å². The molecule has 2 aliphatic carbocycles. The van der Waals surface area contributed by atoms with Gasteiger partial charge in [0.05, 0.1) is 0 Å². The maximum absolute atomic E-state index is 5.97. The summed E-state index contributed by atoms with van der Waals surface area (Å²) in [5.74, 6) is 1.33. The highest BCUT2D eigenvalue weighted by molar-refractivity contribution is 5.68. The summed E-state index contributed by atoms with van der Waals surface area (Å²) < 4.78 is 0. The quantitative estimate of drug-likeness (QED) is 0.876. The van der Waals surface area contributed by atoms with Crippen molar-refractivity contribution in [1.29, 1.82) is 0 Å². The van der Waals surface area contributed by atoms with Gasteiger partial charge < -0.3 is 5.73 Å². The molecule has 1 aromatic carbocycles. The van der Waals surface area contributed by atoms with Gasteiger partial charge in [0.15, 0.2) is 5.82 Å². The second kappa shape index (κ2) is 5.31. The fourth-order valence-electron chi connectivity index (χ4n) is 4.39. The van der Waals surface area contributed by atoms with Gasteiger partial charge in [0.2, 0.25) is 0 Å². The number of benzene rings is 1. The number of aromatic amines is 1. The standard InChI is InChI=1S/C19H23N3/c20-18-16-11-12-19(13-17(16)21-22-18,14-7-3-1-4-8-14)15-9-5-2-6-10-15/h1,3-4,7-8,11-12,15H,2,5-6,9-10,13H2,(H3,20,21,22). The molecule has 1 aromatic heterocycles. The van der Waals surface area contributed by atoms with E-state index in [4.69, 9.17) is 5.73 Å². The van der Waals surface area contributed by atoms with Gasteiger partial charge in [-0.1, -0.05) is 61.7 Å². The first-order valence-corrected chi connectivity index (χ1v) is 8.37. The molecule has 0 bridgehead atoms. The van der Waals surface area contributed by atoms with Crippen molar-refractivity contribution in [3.63, 3.8) is 0 Å². The van der Waals surface area contributed by atoms with Crippen LogP contribution in [0.15, 0.2) is 36.4 Å². The minimum Gasteiger partial charge on any atom is -0.382 e. The highest BCUT2D eigenvalue weighted by atomic mass is 15.2. The van der Waals surface area contributed by atoms with Crippen LogP contribution < -0.4 is 5.73 Å². The number of H-pyrrole nitrogens is 1. The van der Waals surface area contributed by atoms with Gasteiger partial charge in [-0.15, -0.1) is 0 Å². The minimum absolute atomic E-state index is 0.0909. The van der Waals surface area contributed by atoms with Gasteiger partial charge in [-0.05, 0) is 24.3 Å². The number of aromatic nitrogens is 2. The van der Waals surface area contributed by atoms with Gasteiger partial charge in [-0.25, -0.2) is 0 Å². The number of nitrogen functional groups attached to an aromatic ring is 1. The van der Waals surface area contributed by atoms with Crippen molar-refractivity contribution in [2.45, 2.75) is 43.9 Å². The summed E-state index contributed by atoms with van der Waals surface area (Å²) in [4.78, 5) is 0. The first-order chi connectivity index (χ1) is 10.8. The third-order valence-electron chi connectivity index (χ3n) is 5.57. The Morgan fingerprint density at radius 3 is 2.64 bits per heavy atom. The van der Waals surface area contributed by atoms with Crippen molar-refractivity contribution >= 4 is 11.9 Å². The van der Waals surface area contributed by atoms with Gasteiger partial charge in [0.25, 0.3) is 0 Å². The molecule has 1 heterocycles. The number of hydrogen-bond acceptors (Lipinski definition) is 2. The number of nitrogens with two attached hydrogens (primary N) is 1. The molecule has 3 heteroatoms. The van der Waals surface area contributed by atoms with Gasteiger partial charge >= 0.3 is 0 Å². The Labute approximate surface area is 131 Å². The van der Waals surface area contributed by atoms with Gasteiger partial charge in [-0.3, -0.25) is 5.10 Å². The number of allylic oxidation sites excluding steroid dienone is 1. The van der Waals surface area contributed by atoms with Gasteiger partial charge in [0.1, 0.15) is 0 Å². The lowest BCUT2D eigenvalue weighted by Crippen LogP contribution is -2.38. The zero-order valence-corrected chi connectivity index (χ0v) is 12.9. The van der Waals surface area contributed by atoms with Crippen molar-refractivity contribution in [2.24, 2.45) is 5.92 Å². The van der Waals surface area contributed by atoms with Gasteiger partial charge in [-0.2, -0.15) is 5.10 Å². The lowest BCUT2D eigenvalue weighted by molar-refractivity contribution is 0.241. The molecule has 1 saturated carbocycles. The SMILES string of the molecule is Nc1n[nH]c2c1C=CC(c1ccccc1)(C1CCCCC1)C2. The maximum atomic E-state index is 5.97. The predicted molar refractivity (Wildman–Crippen MR) is 90.4 cm³/mol. The Morgan fingerprint density at radius 2 is 1.86 bits per heavy atom. The summed E-state index contributed by atoms with van der Waals surface area (Å²) in [6.07, 6.45) is 12.3. The molecule has 22 heavy (non-hydrogen) atoms. The fourth-order valence-corrected chi connectivity index (χ4v) is 4.39. The van der Waals surface area contributed by atoms with E-state index in [0.29, 0.717) is 11.7 Å². The van der Waals surface area contributed by atoms with Crippen LogP contribution in [0.2, 0.25) is 0 Å². The summed E-state index contributed by atoms with van der Waals surface area (Å²) in [6, 6.07) is 11.0. The lowest BCUT2D eigenvalue weighted by Gasteiger charge is -2.42. The Bertz CT molecular complexity index is 680. The first kappa shape index (κ1) is 13.6. The van der Waals surface area contributed by atoms with E-state index < -0.39 is 0 Å². The molecule has 1 unspecified atom stereocenters. The summed E-state index contributed by atoms with van der Waals surface area (Å²) in [5, 5.41) is 7.37. The van der Waals surface area contributed by atoms with E-state index in [1.807, 2.05) is 0 Å². The molecule has 2 aromatic rings. The average molecular weight is 293 g/mol. The van der Waals surface area contributed by atoms with Crippen molar-refractivity contribution in [1.82, 2.24) is 10.2 Å². The summed E-state index contributed by atoms with van der Waals surface area (Å²) >= 11 is 0.